The predicted molar refractivity (Wildman–Crippen MR) is 48.2 cm³/mol. The molecular formula is C7H15Cl2N. The lowest BCUT2D eigenvalue weighted by Crippen LogP contribution is -2.24. The van der Waals surface area contributed by atoms with Crippen LogP contribution in [0.5, 0.6) is 0 Å². The molecule has 1 nitrogen and oxygen atoms in total. The maximum atomic E-state index is 5.62. The Morgan fingerprint density at radius 2 is 2.30 bits per heavy atom. The zero-order valence-corrected chi connectivity index (χ0v) is 7.92. The molecule has 1 heterocycles. The van der Waals surface area contributed by atoms with Crippen molar-refractivity contribution in [2.75, 3.05) is 19.5 Å². The van der Waals surface area contributed by atoms with Gasteiger partial charge < -0.3 is 4.90 Å². The van der Waals surface area contributed by atoms with Gasteiger partial charge in [-0.2, -0.15) is 0 Å². The third-order valence-corrected chi connectivity index (χ3v) is 2.33. The molecule has 0 aliphatic carbocycles. The largest absolute Gasteiger partial charge is 0.303 e. The lowest BCUT2D eigenvalue weighted by molar-refractivity contribution is 0.305. The number of rotatable bonds is 2. The van der Waals surface area contributed by atoms with Gasteiger partial charge in [-0.25, -0.2) is 0 Å². The third kappa shape index (κ3) is 2.65. The molecule has 1 aliphatic heterocycles. The number of likely N-dealkylation sites (tertiary alicyclic amines) is 1. The van der Waals surface area contributed by atoms with Gasteiger partial charge in [-0.05, 0) is 32.9 Å². The molecule has 3 heteroatoms. The molecule has 0 aromatic rings. The third-order valence-electron chi connectivity index (χ3n) is 2.11. The number of alkyl halides is 1. The normalized spacial score (nSPS) is 26.4. The van der Waals surface area contributed by atoms with Crippen LogP contribution < -0.4 is 0 Å². The van der Waals surface area contributed by atoms with Gasteiger partial charge in [0.1, 0.15) is 0 Å². The van der Waals surface area contributed by atoms with Crippen molar-refractivity contribution < 1.29 is 0 Å². The average molecular weight is 184 g/mol. The second kappa shape index (κ2) is 5.22. The summed E-state index contributed by atoms with van der Waals surface area (Å²) in [7, 11) is 2.18. The summed E-state index contributed by atoms with van der Waals surface area (Å²) in [6.07, 6.45) is 3.87. The fourth-order valence-electron chi connectivity index (χ4n) is 1.47. The highest BCUT2D eigenvalue weighted by molar-refractivity contribution is 6.17. The van der Waals surface area contributed by atoms with E-state index in [-0.39, 0.29) is 12.4 Å². The first-order chi connectivity index (χ1) is 4.34. The molecule has 0 aromatic heterocycles. The lowest BCUT2D eigenvalue weighted by Gasteiger charge is -2.17. The molecule has 10 heavy (non-hydrogen) atoms. The van der Waals surface area contributed by atoms with Crippen molar-refractivity contribution in [2.45, 2.75) is 25.3 Å². The molecule has 1 atom stereocenters. The van der Waals surface area contributed by atoms with Gasteiger partial charge in [-0.15, -0.1) is 24.0 Å². The molecule has 0 amide bonds. The first-order valence-electron chi connectivity index (χ1n) is 3.61. The summed E-state index contributed by atoms with van der Waals surface area (Å²) < 4.78 is 0. The Morgan fingerprint density at radius 1 is 1.60 bits per heavy atom. The minimum absolute atomic E-state index is 0. The van der Waals surface area contributed by atoms with Gasteiger partial charge in [0.2, 0.25) is 0 Å². The van der Waals surface area contributed by atoms with Crippen LogP contribution in [0.15, 0.2) is 0 Å². The van der Waals surface area contributed by atoms with Crippen LogP contribution in [0.25, 0.3) is 0 Å². The van der Waals surface area contributed by atoms with Gasteiger partial charge in [0.15, 0.2) is 0 Å². The highest BCUT2D eigenvalue weighted by Gasteiger charge is 2.19. The molecule has 1 fully saturated rings. The van der Waals surface area contributed by atoms with E-state index in [0.29, 0.717) is 0 Å². The van der Waals surface area contributed by atoms with Gasteiger partial charge in [0.05, 0.1) is 0 Å². The highest BCUT2D eigenvalue weighted by atomic mass is 35.5. The van der Waals surface area contributed by atoms with Crippen molar-refractivity contribution in [3.05, 3.63) is 0 Å². The van der Waals surface area contributed by atoms with Gasteiger partial charge in [0, 0.05) is 11.9 Å². The van der Waals surface area contributed by atoms with Gasteiger partial charge in [-0.3, -0.25) is 0 Å². The van der Waals surface area contributed by atoms with E-state index in [1.165, 1.54) is 19.4 Å². The summed E-state index contributed by atoms with van der Waals surface area (Å²) in [6.45, 7) is 1.27. The van der Waals surface area contributed by atoms with E-state index in [2.05, 4.69) is 11.9 Å². The molecule has 1 rings (SSSR count). The second-order valence-corrected chi connectivity index (χ2v) is 3.13. The minimum atomic E-state index is 0. The molecule has 0 N–H and O–H groups in total. The standard InChI is InChI=1S/C7H14ClN.ClH/c1-9-6-2-3-7(9)4-5-8;/h7H,2-6H2,1H3;1H/t7-;/m0./s1. The summed E-state index contributed by atoms with van der Waals surface area (Å²) in [5.74, 6) is 0.814. The van der Waals surface area contributed by atoms with E-state index in [9.17, 15) is 0 Å². The van der Waals surface area contributed by atoms with E-state index in [4.69, 9.17) is 11.6 Å². The predicted octanol–water partition coefficient (Wildman–Crippen LogP) is 2.13. The molecule has 0 aromatic carbocycles. The van der Waals surface area contributed by atoms with Crippen LogP contribution >= 0.6 is 24.0 Å². The minimum Gasteiger partial charge on any atom is -0.303 e. The summed E-state index contributed by atoms with van der Waals surface area (Å²) in [6, 6.07) is 0.780. The summed E-state index contributed by atoms with van der Waals surface area (Å²) in [4.78, 5) is 2.41. The first kappa shape index (κ1) is 10.5. The van der Waals surface area contributed by atoms with Crippen LogP contribution in [-0.2, 0) is 0 Å². The molecule has 0 unspecified atom stereocenters. The topological polar surface area (TPSA) is 3.24 Å². The Morgan fingerprint density at radius 3 is 2.70 bits per heavy atom. The van der Waals surface area contributed by atoms with Crippen LogP contribution in [0.1, 0.15) is 19.3 Å². The Kier molecular flexibility index (Phi) is 5.51. The highest BCUT2D eigenvalue weighted by Crippen LogP contribution is 2.17. The fraction of sp³-hybridized carbons (Fsp3) is 1.00. The molecule has 0 radical (unpaired) electrons. The number of halogens is 2. The van der Waals surface area contributed by atoms with Crippen molar-refractivity contribution in [3.8, 4) is 0 Å². The molecular weight excluding hydrogens is 169 g/mol. The van der Waals surface area contributed by atoms with E-state index >= 15 is 0 Å². The van der Waals surface area contributed by atoms with E-state index in [0.717, 1.165) is 18.3 Å². The second-order valence-electron chi connectivity index (χ2n) is 2.75. The van der Waals surface area contributed by atoms with E-state index < -0.39 is 0 Å². The number of hydrogen-bond acceptors (Lipinski definition) is 1. The van der Waals surface area contributed by atoms with Gasteiger partial charge >= 0.3 is 0 Å². The maximum absolute atomic E-state index is 5.62. The quantitative estimate of drug-likeness (QED) is 0.594. The van der Waals surface area contributed by atoms with Crippen molar-refractivity contribution in [1.29, 1.82) is 0 Å². The fourth-order valence-corrected chi connectivity index (χ4v) is 1.72. The average Bonchev–Trinajstić information content (AvgIpc) is 2.18. The van der Waals surface area contributed by atoms with Crippen LogP contribution in [-0.4, -0.2) is 30.4 Å². The molecule has 62 valence electrons. The molecule has 1 aliphatic rings. The monoisotopic (exact) mass is 183 g/mol. The summed E-state index contributed by atoms with van der Waals surface area (Å²) in [5.41, 5.74) is 0. The summed E-state index contributed by atoms with van der Waals surface area (Å²) >= 11 is 5.62. The zero-order valence-electron chi connectivity index (χ0n) is 6.35. The molecule has 1 saturated heterocycles. The van der Waals surface area contributed by atoms with Crippen LogP contribution in [0.3, 0.4) is 0 Å². The Bertz CT molecular complexity index is 87.7. The molecule has 0 bridgehead atoms. The Balaban J connectivity index is 0.000000810. The van der Waals surface area contributed by atoms with Crippen molar-refractivity contribution in [2.24, 2.45) is 0 Å². The SMILES string of the molecule is CN1CCC[C@H]1CCCl.Cl. The van der Waals surface area contributed by atoms with Crippen molar-refractivity contribution >= 4 is 24.0 Å². The summed E-state index contributed by atoms with van der Waals surface area (Å²) in [5, 5.41) is 0. The maximum Gasteiger partial charge on any atom is 0.0238 e. The Hall–Kier alpha value is 0.540. The molecule has 0 saturated carbocycles. The lowest BCUT2D eigenvalue weighted by atomic mass is 10.2. The van der Waals surface area contributed by atoms with Crippen molar-refractivity contribution in [3.63, 3.8) is 0 Å². The first-order valence-corrected chi connectivity index (χ1v) is 4.14. The molecule has 0 spiro atoms. The Labute approximate surface area is 74.1 Å². The smallest absolute Gasteiger partial charge is 0.0238 e. The van der Waals surface area contributed by atoms with E-state index in [1.807, 2.05) is 0 Å². The van der Waals surface area contributed by atoms with Crippen LogP contribution in [0.4, 0.5) is 0 Å². The van der Waals surface area contributed by atoms with Crippen molar-refractivity contribution in [1.82, 2.24) is 4.90 Å². The van der Waals surface area contributed by atoms with Gasteiger partial charge in [0.25, 0.3) is 0 Å². The van der Waals surface area contributed by atoms with Crippen LogP contribution in [0, 0.1) is 0 Å². The number of hydrogen-bond donors (Lipinski definition) is 0. The van der Waals surface area contributed by atoms with Crippen LogP contribution in [0.2, 0.25) is 0 Å². The van der Waals surface area contributed by atoms with Gasteiger partial charge in [-0.1, -0.05) is 0 Å². The zero-order chi connectivity index (χ0) is 6.69. The van der Waals surface area contributed by atoms with E-state index in [1.54, 1.807) is 0 Å². The number of nitrogens with zero attached hydrogens (tertiary/aromatic N) is 1.